The first-order valence-corrected chi connectivity index (χ1v) is 9.53. The topological polar surface area (TPSA) is 75.9 Å². The average Bonchev–Trinajstić information content (AvgIpc) is 3.23. The van der Waals surface area contributed by atoms with Crippen molar-refractivity contribution < 1.29 is 23.1 Å². The van der Waals surface area contributed by atoms with Crippen LogP contribution in [0, 0.1) is 11.6 Å². The summed E-state index contributed by atoms with van der Waals surface area (Å²) in [5.41, 5.74) is 2.78. The molecule has 0 aliphatic rings. The summed E-state index contributed by atoms with van der Waals surface area (Å²) in [6.45, 7) is 0. The second kappa shape index (κ2) is 8.46. The maximum atomic E-state index is 14.1. The fourth-order valence-corrected chi connectivity index (χ4v) is 3.26. The molecule has 32 heavy (non-hydrogen) atoms. The number of nitrogens with one attached hydrogen (secondary N) is 1. The molecule has 0 aliphatic heterocycles. The van der Waals surface area contributed by atoms with E-state index in [9.17, 15) is 18.4 Å². The van der Waals surface area contributed by atoms with E-state index in [2.05, 4.69) is 15.0 Å². The van der Waals surface area contributed by atoms with Crippen LogP contribution in [0.15, 0.2) is 67.0 Å². The molecular weight excluding hydrogens is 418 g/mol. The number of hydrogen-bond acceptors (Lipinski definition) is 4. The number of carbonyl (C=O) groups excluding carboxylic acids is 2. The minimum absolute atomic E-state index is 0.158. The SMILES string of the molecule is COC(=O)Nc1ccc(-c2cnc3ccc(C(=O)N(C)c4cc(F)ccc4F)cn23)cc1. The Morgan fingerprint density at radius 2 is 1.81 bits per heavy atom. The highest BCUT2D eigenvalue weighted by molar-refractivity contribution is 6.05. The second-order valence-electron chi connectivity index (χ2n) is 6.94. The molecule has 2 amide bonds. The lowest BCUT2D eigenvalue weighted by atomic mass is 10.1. The molecule has 7 nitrogen and oxygen atoms in total. The van der Waals surface area contributed by atoms with Gasteiger partial charge in [-0.1, -0.05) is 12.1 Å². The molecule has 0 fully saturated rings. The van der Waals surface area contributed by atoms with Gasteiger partial charge in [-0.2, -0.15) is 0 Å². The quantitative estimate of drug-likeness (QED) is 0.502. The maximum absolute atomic E-state index is 14.1. The van der Waals surface area contributed by atoms with Crippen LogP contribution in [0.4, 0.5) is 25.0 Å². The van der Waals surface area contributed by atoms with E-state index in [1.807, 2.05) is 0 Å². The molecule has 2 heterocycles. The fourth-order valence-electron chi connectivity index (χ4n) is 3.26. The van der Waals surface area contributed by atoms with Crippen molar-refractivity contribution in [2.45, 2.75) is 0 Å². The zero-order valence-electron chi connectivity index (χ0n) is 17.2. The number of fused-ring (bicyclic) bond motifs is 1. The number of amides is 2. The standard InChI is InChI=1S/C23H18F2N4O3/c1-28(19-11-16(24)6-9-18(19)25)22(30)15-5-10-21-26-12-20(29(21)13-15)14-3-7-17(8-4-14)27-23(31)32-2/h3-13H,1-2H3,(H,27,31). The predicted octanol–water partition coefficient (Wildman–Crippen LogP) is 4.73. The van der Waals surface area contributed by atoms with Crippen LogP contribution in [0.25, 0.3) is 16.9 Å². The number of nitrogens with zero attached hydrogens (tertiary/aromatic N) is 3. The van der Waals surface area contributed by atoms with Crippen LogP contribution in [0.5, 0.6) is 0 Å². The number of imidazole rings is 1. The van der Waals surface area contributed by atoms with Crippen molar-refractivity contribution in [3.8, 4) is 11.3 Å². The molecule has 1 N–H and O–H groups in total. The van der Waals surface area contributed by atoms with Gasteiger partial charge < -0.3 is 9.64 Å². The zero-order valence-corrected chi connectivity index (χ0v) is 17.2. The molecule has 0 spiro atoms. The average molecular weight is 436 g/mol. The maximum Gasteiger partial charge on any atom is 0.411 e. The number of anilines is 2. The molecule has 0 atom stereocenters. The molecule has 4 rings (SSSR count). The molecule has 0 saturated carbocycles. The second-order valence-corrected chi connectivity index (χ2v) is 6.94. The van der Waals surface area contributed by atoms with Gasteiger partial charge in [0.05, 0.1) is 30.3 Å². The third-order valence-corrected chi connectivity index (χ3v) is 4.94. The largest absolute Gasteiger partial charge is 0.453 e. The Labute approximate surface area is 181 Å². The van der Waals surface area contributed by atoms with Crippen LogP contribution in [0.1, 0.15) is 10.4 Å². The number of aromatic nitrogens is 2. The monoisotopic (exact) mass is 436 g/mol. The summed E-state index contributed by atoms with van der Waals surface area (Å²) < 4.78 is 34.0. The Bertz CT molecular complexity index is 1320. The van der Waals surface area contributed by atoms with Gasteiger partial charge in [0.25, 0.3) is 5.91 Å². The van der Waals surface area contributed by atoms with Crippen molar-refractivity contribution in [1.82, 2.24) is 9.38 Å². The number of carbonyl (C=O) groups is 2. The predicted molar refractivity (Wildman–Crippen MR) is 116 cm³/mol. The Morgan fingerprint density at radius 1 is 1.06 bits per heavy atom. The number of halogens is 2. The number of methoxy groups -OCH3 is 1. The lowest BCUT2D eigenvalue weighted by molar-refractivity contribution is 0.0991. The summed E-state index contributed by atoms with van der Waals surface area (Å²) in [6.07, 6.45) is 2.67. The molecule has 162 valence electrons. The van der Waals surface area contributed by atoms with Crippen LogP contribution >= 0.6 is 0 Å². The van der Waals surface area contributed by atoms with Crippen LogP contribution in [-0.4, -0.2) is 35.5 Å². The number of benzene rings is 2. The van der Waals surface area contributed by atoms with Crippen molar-refractivity contribution in [2.24, 2.45) is 0 Å². The number of rotatable bonds is 4. The Kier molecular flexibility index (Phi) is 5.55. The van der Waals surface area contributed by atoms with Gasteiger partial charge in [0.1, 0.15) is 17.3 Å². The minimum atomic E-state index is -0.702. The van der Waals surface area contributed by atoms with Crippen molar-refractivity contribution in [3.63, 3.8) is 0 Å². The zero-order chi connectivity index (χ0) is 22.8. The van der Waals surface area contributed by atoms with Crippen LogP contribution in [0.2, 0.25) is 0 Å². The summed E-state index contributed by atoms with van der Waals surface area (Å²) in [4.78, 5) is 29.7. The summed E-state index contributed by atoms with van der Waals surface area (Å²) in [6, 6.07) is 13.2. The van der Waals surface area contributed by atoms with Crippen LogP contribution in [0.3, 0.4) is 0 Å². The van der Waals surface area contributed by atoms with Crippen LogP contribution < -0.4 is 10.2 Å². The first-order valence-electron chi connectivity index (χ1n) is 9.53. The first-order chi connectivity index (χ1) is 15.4. The molecule has 0 bridgehead atoms. The van der Waals surface area contributed by atoms with Crippen molar-refractivity contribution >= 4 is 29.0 Å². The van der Waals surface area contributed by atoms with E-state index < -0.39 is 23.6 Å². The van der Waals surface area contributed by atoms with Crippen molar-refractivity contribution in [3.05, 3.63) is 84.2 Å². The molecule has 9 heteroatoms. The lowest BCUT2D eigenvalue weighted by Crippen LogP contribution is -2.27. The Balaban J connectivity index is 1.66. The van der Waals surface area contributed by atoms with Gasteiger partial charge in [-0.25, -0.2) is 18.6 Å². The molecular formula is C23H18F2N4O3. The fraction of sp³-hybridized carbons (Fsp3) is 0.0870. The van der Waals surface area contributed by atoms with Gasteiger partial charge in [0.2, 0.25) is 0 Å². The smallest absolute Gasteiger partial charge is 0.411 e. The first kappa shape index (κ1) is 21.0. The van der Waals surface area contributed by atoms with E-state index in [0.29, 0.717) is 17.0 Å². The molecule has 0 radical (unpaired) electrons. The van der Waals surface area contributed by atoms with Gasteiger partial charge in [0, 0.05) is 30.6 Å². The lowest BCUT2D eigenvalue weighted by Gasteiger charge is -2.18. The summed E-state index contributed by atoms with van der Waals surface area (Å²) in [5, 5.41) is 2.57. The molecule has 0 aliphatic carbocycles. The summed E-state index contributed by atoms with van der Waals surface area (Å²) in [7, 11) is 2.66. The summed E-state index contributed by atoms with van der Waals surface area (Å²) >= 11 is 0. The van der Waals surface area contributed by atoms with E-state index in [-0.39, 0.29) is 11.3 Å². The van der Waals surface area contributed by atoms with E-state index in [4.69, 9.17) is 0 Å². The van der Waals surface area contributed by atoms with E-state index >= 15 is 0 Å². The molecule has 0 unspecified atom stereocenters. The van der Waals surface area contributed by atoms with Crippen LogP contribution in [-0.2, 0) is 4.74 Å². The van der Waals surface area contributed by atoms with Gasteiger partial charge in [-0.15, -0.1) is 0 Å². The third-order valence-electron chi connectivity index (χ3n) is 4.94. The normalized spacial score (nSPS) is 10.8. The molecule has 2 aromatic heterocycles. The highest BCUT2D eigenvalue weighted by Gasteiger charge is 2.19. The third kappa shape index (κ3) is 4.00. The van der Waals surface area contributed by atoms with E-state index in [1.165, 1.54) is 14.2 Å². The molecule has 0 saturated heterocycles. The van der Waals surface area contributed by atoms with Crippen molar-refractivity contribution in [1.29, 1.82) is 0 Å². The van der Waals surface area contributed by atoms with Gasteiger partial charge in [0.15, 0.2) is 0 Å². The number of hydrogen-bond donors (Lipinski definition) is 1. The molecule has 2 aromatic carbocycles. The highest BCUT2D eigenvalue weighted by atomic mass is 19.1. The van der Waals surface area contributed by atoms with E-state index in [1.54, 1.807) is 53.2 Å². The molecule has 4 aromatic rings. The van der Waals surface area contributed by atoms with Gasteiger partial charge in [-0.3, -0.25) is 14.5 Å². The number of pyridine rings is 1. The van der Waals surface area contributed by atoms with Crippen molar-refractivity contribution in [2.75, 3.05) is 24.4 Å². The Morgan fingerprint density at radius 3 is 2.53 bits per heavy atom. The Hall–Kier alpha value is -4.27. The minimum Gasteiger partial charge on any atom is -0.453 e. The number of ether oxygens (including phenoxy) is 1. The summed E-state index contributed by atoms with van der Waals surface area (Å²) in [5.74, 6) is -1.85. The van der Waals surface area contributed by atoms with E-state index in [0.717, 1.165) is 28.7 Å². The highest BCUT2D eigenvalue weighted by Crippen LogP contribution is 2.25. The van der Waals surface area contributed by atoms with Gasteiger partial charge in [-0.05, 0) is 36.4 Å². The van der Waals surface area contributed by atoms with Gasteiger partial charge >= 0.3 is 6.09 Å².